The lowest BCUT2D eigenvalue weighted by Gasteiger charge is -2.19. The molecule has 0 atom stereocenters. The van der Waals surface area contributed by atoms with Crippen molar-refractivity contribution >= 4 is 11.6 Å². The van der Waals surface area contributed by atoms with Crippen LogP contribution in [0.4, 0.5) is 5.69 Å². The Kier molecular flexibility index (Phi) is 4.35. The highest BCUT2D eigenvalue weighted by molar-refractivity contribution is 5.95. The van der Waals surface area contributed by atoms with E-state index in [1.807, 2.05) is 32.0 Å². The molecule has 1 aliphatic rings. The topological polar surface area (TPSA) is 38.3 Å². The third-order valence-electron chi connectivity index (χ3n) is 2.31. The van der Waals surface area contributed by atoms with Crippen LogP contribution in [0.15, 0.2) is 18.2 Å². The number of rotatable bonds is 1. The van der Waals surface area contributed by atoms with Crippen LogP contribution in [0.5, 0.6) is 5.75 Å². The molecular weight excluding hydrogens is 202 g/mol. The van der Waals surface area contributed by atoms with Crippen molar-refractivity contribution in [3.05, 3.63) is 23.8 Å². The van der Waals surface area contributed by atoms with E-state index in [0.29, 0.717) is 5.92 Å². The number of amides is 1. The average molecular weight is 221 g/mol. The second kappa shape index (κ2) is 5.54. The van der Waals surface area contributed by atoms with E-state index in [-0.39, 0.29) is 12.5 Å². The molecule has 0 saturated carbocycles. The molecule has 1 heterocycles. The quantitative estimate of drug-likeness (QED) is 0.791. The van der Waals surface area contributed by atoms with Crippen molar-refractivity contribution in [2.45, 2.75) is 33.6 Å². The van der Waals surface area contributed by atoms with Crippen molar-refractivity contribution in [1.29, 1.82) is 0 Å². The lowest BCUT2D eigenvalue weighted by molar-refractivity contribution is -0.118. The van der Waals surface area contributed by atoms with Crippen LogP contribution in [0, 0.1) is 0 Å². The molecule has 1 N–H and O–H groups in total. The van der Waals surface area contributed by atoms with Gasteiger partial charge < -0.3 is 10.1 Å². The third-order valence-corrected chi connectivity index (χ3v) is 2.31. The summed E-state index contributed by atoms with van der Waals surface area (Å²) in [5.41, 5.74) is 1.99. The van der Waals surface area contributed by atoms with Gasteiger partial charge in [0, 0.05) is 0 Å². The van der Waals surface area contributed by atoms with Crippen LogP contribution < -0.4 is 10.1 Å². The summed E-state index contributed by atoms with van der Waals surface area (Å²) in [4.78, 5) is 11.0. The van der Waals surface area contributed by atoms with Gasteiger partial charge in [-0.25, -0.2) is 0 Å². The summed E-state index contributed by atoms with van der Waals surface area (Å²) in [6.07, 6.45) is 0. The minimum absolute atomic E-state index is 0.0882. The van der Waals surface area contributed by atoms with Gasteiger partial charge in [-0.15, -0.1) is 0 Å². The molecule has 1 aliphatic heterocycles. The molecule has 0 radical (unpaired) electrons. The maximum atomic E-state index is 11.0. The summed E-state index contributed by atoms with van der Waals surface area (Å²) in [5, 5.41) is 2.76. The Labute approximate surface area is 96.8 Å². The molecule has 0 aliphatic carbocycles. The summed E-state index contributed by atoms with van der Waals surface area (Å²) in [5.74, 6) is 1.16. The molecule has 3 nitrogen and oxygen atoms in total. The van der Waals surface area contributed by atoms with E-state index in [2.05, 4.69) is 19.2 Å². The Morgan fingerprint density at radius 2 is 2.00 bits per heavy atom. The van der Waals surface area contributed by atoms with E-state index < -0.39 is 0 Å². The van der Waals surface area contributed by atoms with Crippen molar-refractivity contribution in [3.8, 4) is 5.75 Å². The zero-order chi connectivity index (χ0) is 12.1. The van der Waals surface area contributed by atoms with Crippen molar-refractivity contribution < 1.29 is 9.53 Å². The van der Waals surface area contributed by atoms with Gasteiger partial charge in [-0.2, -0.15) is 0 Å². The lowest BCUT2D eigenvalue weighted by atomic mass is 10.0. The number of hydrogen-bond donors (Lipinski definition) is 1. The van der Waals surface area contributed by atoms with Crippen molar-refractivity contribution in [2.75, 3.05) is 11.9 Å². The van der Waals surface area contributed by atoms with Crippen LogP contribution in [-0.2, 0) is 4.79 Å². The smallest absolute Gasteiger partial charge is 0.262 e. The molecule has 1 aromatic carbocycles. The van der Waals surface area contributed by atoms with Gasteiger partial charge in [0.25, 0.3) is 5.91 Å². The van der Waals surface area contributed by atoms with Gasteiger partial charge in [0.1, 0.15) is 5.75 Å². The molecule has 0 spiro atoms. The first-order valence-corrected chi connectivity index (χ1v) is 5.73. The van der Waals surface area contributed by atoms with Crippen molar-refractivity contribution in [2.24, 2.45) is 0 Å². The van der Waals surface area contributed by atoms with Crippen molar-refractivity contribution in [3.63, 3.8) is 0 Å². The third kappa shape index (κ3) is 2.75. The highest BCUT2D eigenvalue weighted by Gasteiger charge is 2.16. The van der Waals surface area contributed by atoms with Gasteiger partial charge in [-0.3, -0.25) is 4.79 Å². The van der Waals surface area contributed by atoms with Gasteiger partial charge in [0.15, 0.2) is 6.61 Å². The number of nitrogens with one attached hydrogen (secondary N) is 1. The Bertz CT molecular complexity index is 372. The SMILES string of the molecule is CC.CC(C)c1ccc2c(c1)OCC(=O)N2. The van der Waals surface area contributed by atoms with Gasteiger partial charge in [0.2, 0.25) is 0 Å². The summed E-state index contributed by atoms with van der Waals surface area (Å²) in [7, 11) is 0. The fourth-order valence-electron chi connectivity index (χ4n) is 1.45. The standard InChI is InChI=1S/C11H13NO2.C2H6/c1-7(2)8-3-4-9-10(5-8)14-6-11(13)12-9;1-2/h3-5,7H,6H2,1-2H3,(H,12,13);1-2H3. The molecule has 3 heteroatoms. The highest BCUT2D eigenvalue weighted by atomic mass is 16.5. The number of carbonyl (C=O) groups excluding carboxylic acids is 1. The van der Waals surface area contributed by atoms with Gasteiger partial charge >= 0.3 is 0 Å². The monoisotopic (exact) mass is 221 g/mol. The Hall–Kier alpha value is -1.51. The Morgan fingerprint density at radius 3 is 2.62 bits per heavy atom. The summed E-state index contributed by atoms with van der Waals surface area (Å²) >= 11 is 0. The largest absolute Gasteiger partial charge is 0.482 e. The van der Waals surface area contributed by atoms with E-state index in [0.717, 1.165) is 11.4 Å². The molecule has 0 bridgehead atoms. The minimum Gasteiger partial charge on any atom is -0.482 e. The Morgan fingerprint density at radius 1 is 1.31 bits per heavy atom. The molecule has 2 rings (SSSR count). The van der Waals surface area contributed by atoms with E-state index in [1.54, 1.807) is 0 Å². The van der Waals surface area contributed by atoms with Gasteiger partial charge in [0.05, 0.1) is 5.69 Å². The van der Waals surface area contributed by atoms with Crippen LogP contribution in [0.3, 0.4) is 0 Å². The number of hydrogen-bond acceptors (Lipinski definition) is 2. The zero-order valence-electron chi connectivity index (χ0n) is 10.3. The van der Waals surface area contributed by atoms with Crippen LogP contribution in [0.1, 0.15) is 39.2 Å². The first-order valence-electron chi connectivity index (χ1n) is 5.73. The minimum atomic E-state index is -0.0882. The van der Waals surface area contributed by atoms with Crippen LogP contribution in [0.2, 0.25) is 0 Å². The number of fused-ring (bicyclic) bond motifs is 1. The summed E-state index contributed by atoms with van der Waals surface area (Å²) in [6, 6.07) is 5.89. The molecular formula is C13H19NO2. The number of benzene rings is 1. The zero-order valence-corrected chi connectivity index (χ0v) is 10.3. The van der Waals surface area contributed by atoms with Crippen LogP contribution >= 0.6 is 0 Å². The first kappa shape index (κ1) is 12.6. The average Bonchev–Trinajstić information content (AvgIpc) is 2.30. The predicted molar refractivity (Wildman–Crippen MR) is 66.0 cm³/mol. The van der Waals surface area contributed by atoms with Crippen molar-refractivity contribution in [1.82, 2.24) is 0 Å². The van der Waals surface area contributed by atoms with Gasteiger partial charge in [-0.1, -0.05) is 33.8 Å². The number of anilines is 1. The molecule has 0 aromatic heterocycles. The molecule has 0 saturated heterocycles. The first-order chi connectivity index (χ1) is 7.66. The predicted octanol–water partition coefficient (Wildman–Crippen LogP) is 3.17. The van der Waals surface area contributed by atoms with E-state index in [4.69, 9.17) is 4.74 Å². The Balaban J connectivity index is 0.000000606. The molecule has 1 amide bonds. The van der Waals surface area contributed by atoms with E-state index >= 15 is 0 Å². The normalized spacial score (nSPS) is 13.2. The fraction of sp³-hybridized carbons (Fsp3) is 0.462. The second-order valence-electron chi connectivity index (χ2n) is 3.75. The van der Waals surface area contributed by atoms with Crippen LogP contribution in [-0.4, -0.2) is 12.5 Å². The summed E-state index contributed by atoms with van der Waals surface area (Å²) < 4.78 is 5.31. The van der Waals surface area contributed by atoms with Crippen LogP contribution in [0.25, 0.3) is 0 Å². The number of ether oxygens (including phenoxy) is 1. The highest BCUT2D eigenvalue weighted by Crippen LogP contribution is 2.30. The van der Waals surface area contributed by atoms with Gasteiger partial charge in [-0.05, 0) is 23.6 Å². The molecule has 0 fully saturated rings. The summed E-state index contributed by atoms with van der Waals surface area (Å²) in [6.45, 7) is 8.38. The maximum Gasteiger partial charge on any atom is 0.262 e. The van der Waals surface area contributed by atoms with E-state index in [9.17, 15) is 4.79 Å². The maximum absolute atomic E-state index is 11.0. The van der Waals surface area contributed by atoms with E-state index in [1.165, 1.54) is 5.56 Å². The number of carbonyl (C=O) groups is 1. The molecule has 88 valence electrons. The second-order valence-corrected chi connectivity index (χ2v) is 3.75. The molecule has 0 unspecified atom stereocenters. The lowest BCUT2D eigenvalue weighted by Crippen LogP contribution is -2.25. The fourth-order valence-corrected chi connectivity index (χ4v) is 1.45. The molecule has 1 aromatic rings. The molecule has 16 heavy (non-hydrogen) atoms.